The van der Waals surface area contributed by atoms with Gasteiger partial charge in [0.2, 0.25) is 5.91 Å². The van der Waals surface area contributed by atoms with E-state index in [1.54, 1.807) is 18.2 Å². The fraction of sp³-hybridized carbons (Fsp3) is 0.321. The second-order valence-corrected chi connectivity index (χ2v) is 10.7. The van der Waals surface area contributed by atoms with Crippen LogP contribution in [0.5, 0.6) is 0 Å². The molecule has 0 saturated heterocycles. The van der Waals surface area contributed by atoms with Gasteiger partial charge in [0, 0.05) is 34.1 Å². The van der Waals surface area contributed by atoms with Gasteiger partial charge in [-0.2, -0.15) is 0 Å². The van der Waals surface area contributed by atoms with Crippen molar-refractivity contribution in [2.45, 2.75) is 45.2 Å². The Kier molecular flexibility index (Phi) is 6.43. The predicted octanol–water partition coefficient (Wildman–Crippen LogP) is 6.13. The summed E-state index contributed by atoms with van der Waals surface area (Å²) in [6, 6.07) is 17.4. The first kappa shape index (κ1) is 22.1. The van der Waals surface area contributed by atoms with Crippen LogP contribution in [0.1, 0.15) is 39.3 Å². The molecule has 3 atom stereocenters. The highest BCUT2D eigenvalue weighted by atomic mass is 32.1. The third kappa shape index (κ3) is 5.26. The number of anilines is 1. The number of amides is 1. The summed E-state index contributed by atoms with van der Waals surface area (Å²) in [4.78, 5) is 15.2. The standard InChI is InChI=1S/C28H29FN2OS/c1-18-2-12-26(33-18)17-30-28-21-6-7-22(28)15-23-16-25(11-8-20(23)14-21)31-27(32)13-5-19-3-9-24(29)10-4-19/h2-5,8-13,16,21-22,28,30H,6-7,14-15,17H2,1H3,(H,31,32)/b13-5+/t21?,22-,28+/m0/s1. The molecule has 2 bridgehead atoms. The lowest BCUT2D eigenvalue weighted by Crippen LogP contribution is -2.37. The van der Waals surface area contributed by atoms with E-state index in [-0.39, 0.29) is 11.7 Å². The van der Waals surface area contributed by atoms with Crippen LogP contribution in [-0.2, 0) is 24.2 Å². The molecule has 2 aliphatic carbocycles. The quantitative estimate of drug-likeness (QED) is 0.435. The maximum absolute atomic E-state index is 13.0. The first-order chi connectivity index (χ1) is 16.0. The summed E-state index contributed by atoms with van der Waals surface area (Å²) >= 11 is 1.88. The number of fused-ring (bicyclic) bond motifs is 3. The van der Waals surface area contributed by atoms with Crippen LogP contribution in [0.25, 0.3) is 6.08 Å². The SMILES string of the molecule is Cc1ccc(CN[C@@H]2C3CC[C@H]2Cc2cc(NC(=O)/C=C/c4ccc(F)cc4)ccc2C3)s1. The van der Waals surface area contributed by atoms with Crippen molar-refractivity contribution >= 4 is 29.0 Å². The van der Waals surface area contributed by atoms with E-state index in [9.17, 15) is 9.18 Å². The zero-order valence-corrected chi connectivity index (χ0v) is 19.6. The van der Waals surface area contributed by atoms with Crippen LogP contribution in [0.3, 0.4) is 0 Å². The minimum Gasteiger partial charge on any atom is -0.323 e. The minimum atomic E-state index is -0.283. The Labute approximate surface area is 198 Å². The van der Waals surface area contributed by atoms with Crippen LogP contribution in [0, 0.1) is 24.6 Å². The third-order valence-corrected chi connectivity index (χ3v) is 7.97. The van der Waals surface area contributed by atoms with E-state index in [1.807, 2.05) is 17.4 Å². The number of benzene rings is 2. The van der Waals surface area contributed by atoms with Gasteiger partial charge in [-0.15, -0.1) is 11.3 Å². The number of thiophene rings is 1. The van der Waals surface area contributed by atoms with Crippen LogP contribution < -0.4 is 10.6 Å². The van der Waals surface area contributed by atoms with Gasteiger partial charge in [0.15, 0.2) is 0 Å². The number of aryl methyl sites for hydroxylation is 1. The summed E-state index contributed by atoms with van der Waals surface area (Å²) < 4.78 is 13.0. The number of carbonyl (C=O) groups is 1. The summed E-state index contributed by atoms with van der Waals surface area (Å²) in [7, 11) is 0. The molecule has 3 nitrogen and oxygen atoms in total. The first-order valence-electron chi connectivity index (χ1n) is 11.7. The van der Waals surface area contributed by atoms with E-state index >= 15 is 0 Å². The molecule has 5 heteroatoms. The van der Waals surface area contributed by atoms with Crippen molar-refractivity contribution in [3.8, 4) is 0 Å². The van der Waals surface area contributed by atoms with Crippen molar-refractivity contribution in [3.63, 3.8) is 0 Å². The zero-order chi connectivity index (χ0) is 22.8. The lowest BCUT2D eigenvalue weighted by Gasteiger charge is -2.23. The molecule has 1 heterocycles. The smallest absolute Gasteiger partial charge is 0.248 e. The van der Waals surface area contributed by atoms with Crippen LogP contribution in [0.2, 0.25) is 0 Å². The Morgan fingerprint density at radius 2 is 1.79 bits per heavy atom. The van der Waals surface area contributed by atoms with E-state index in [0.29, 0.717) is 17.9 Å². The molecule has 1 unspecified atom stereocenters. The highest BCUT2D eigenvalue weighted by Crippen LogP contribution is 2.41. The second-order valence-electron chi connectivity index (χ2n) is 9.28. The first-order valence-corrected chi connectivity index (χ1v) is 12.5. The fourth-order valence-electron chi connectivity index (χ4n) is 5.35. The van der Waals surface area contributed by atoms with E-state index in [4.69, 9.17) is 0 Å². The number of hydrogen-bond acceptors (Lipinski definition) is 3. The highest BCUT2D eigenvalue weighted by Gasteiger charge is 2.38. The molecule has 1 saturated carbocycles. The van der Waals surface area contributed by atoms with E-state index in [1.165, 1.54) is 51.9 Å². The van der Waals surface area contributed by atoms with Gasteiger partial charge >= 0.3 is 0 Å². The maximum Gasteiger partial charge on any atom is 0.248 e. The highest BCUT2D eigenvalue weighted by molar-refractivity contribution is 7.11. The lowest BCUT2D eigenvalue weighted by molar-refractivity contribution is -0.111. The van der Waals surface area contributed by atoms with Crippen LogP contribution in [0.4, 0.5) is 10.1 Å². The number of hydrogen-bond donors (Lipinski definition) is 2. The maximum atomic E-state index is 13.0. The zero-order valence-electron chi connectivity index (χ0n) is 18.8. The topological polar surface area (TPSA) is 41.1 Å². The lowest BCUT2D eigenvalue weighted by atomic mass is 9.93. The Balaban J connectivity index is 1.23. The van der Waals surface area contributed by atoms with Crippen LogP contribution in [-0.4, -0.2) is 11.9 Å². The molecule has 1 amide bonds. The third-order valence-electron chi connectivity index (χ3n) is 6.97. The van der Waals surface area contributed by atoms with Crippen LogP contribution >= 0.6 is 11.3 Å². The van der Waals surface area contributed by atoms with E-state index < -0.39 is 0 Å². The number of rotatable bonds is 6. The Hall–Kier alpha value is -2.76. The van der Waals surface area contributed by atoms with Gasteiger partial charge < -0.3 is 10.6 Å². The van der Waals surface area contributed by atoms with Gasteiger partial charge in [-0.25, -0.2) is 4.39 Å². The molecule has 0 radical (unpaired) electrons. The number of halogens is 1. The molecular formula is C28H29FN2OS. The summed E-state index contributed by atoms with van der Waals surface area (Å²) in [5, 5.41) is 6.86. The molecule has 1 fully saturated rings. The molecule has 0 spiro atoms. The molecule has 2 N–H and O–H groups in total. The summed E-state index contributed by atoms with van der Waals surface area (Å²) in [5.41, 5.74) is 4.40. The molecule has 1 aromatic heterocycles. The predicted molar refractivity (Wildman–Crippen MR) is 134 cm³/mol. The molecule has 2 aliphatic rings. The van der Waals surface area contributed by atoms with Crippen molar-refractivity contribution in [2.75, 3.05) is 5.32 Å². The van der Waals surface area contributed by atoms with E-state index in [0.717, 1.165) is 30.6 Å². The van der Waals surface area contributed by atoms with Gasteiger partial charge in [0.25, 0.3) is 0 Å². The molecule has 2 aromatic carbocycles. The Morgan fingerprint density at radius 3 is 2.52 bits per heavy atom. The number of carbonyl (C=O) groups excluding carboxylic acids is 1. The van der Waals surface area contributed by atoms with Crippen molar-refractivity contribution in [3.05, 3.63) is 92.9 Å². The van der Waals surface area contributed by atoms with Gasteiger partial charge in [-0.05, 0) is 104 Å². The average molecular weight is 461 g/mol. The molecule has 3 aromatic rings. The van der Waals surface area contributed by atoms with E-state index in [2.05, 4.69) is 41.8 Å². The molecule has 170 valence electrons. The van der Waals surface area contributed by atoms with Crippen molar-refractivity contribution < 1.29 is 9.18 Å². The molecule has 33 heavy (non-hydrogen) atoms. The van der Waals surface area contributed by atoms with Crippen molar-refractivity contribution in [1.29, 1.82) is 0 Å². The van der Waals surface area contributed by atoms with Crippen LogP contribution in [0.15, 0.2) is 60.7 Å². The molecule has 5 rings (SSSR count). The average Bonchev–Trinajstić information content (AvgIpc) is 3.34. The monoisotopic (exact) mass is 460 g/mol. The van der Waals surface area contributed by atoms with Gasteiger partial charge in [0.1, 0.15) is 5.82 Å². The van der Waals surface area contributed by atoms with Crippen molar-refractivity contribution in [1.82, 2.24) is 5.32 Å². The van der Waals surface area contributed by atoms with Gasteiger partial charge in [0.05, 0.1) is 0 Å². The Bertz CT molecular complexity index is 1170. The minimum absolute atomic E-state index is 0.180. The number of nitrogens with one attached hydrogen (secondary N) is 2. The summed E-state index contributed by atoms with van der Waals surface area (Å²) in [5.74, 6) is 0.854. The summed E-state index contributed by atoms with van der Waals surface area (Å²) in [6.07, 6.45) is 7.91. The normalized spacial score (nSPS) is 21.7. The van der Waals surface area contributed by atoms with Crippen molar-refractivity contribution in [2.24, 2.45) is 11.8 Å². The Morgan fingerprint density at radius 1 is 1.03 bits per heavy atom. The second kappa shape index (κ2) is 9.62. The summed E-state index contributed by atoms with van der Waals surface area (Å²) in [6.45, 7) is 3.11. The van der Waals surface area contributed by atoms with Gasteiger partial charge in [-0.3, -0.25) is 4.79 Å². The molecular weight excluding hydrogens is 431 g/mol. The fourth-order valence-corrected chi connectivity index (χ4v) is 6.19. The van der Waals surface area contributed by atoms with Gasteiger partial charge in [-0.1, -0.05) is 18.2 Å². The molecule has 0 aliphatic heterocycles. The largest absolute Gasteiger partial charge is 0.323 e.